The van der Waals surface area contributed by atoms with E-state index in [1.165, 1.54) is 0 Å². The van der Waals surface area contributed by atoms with E-state index in [0.717, 1.165) is 57.3 Å². The number of hydrogen-bond acceptors (Lipinski definition) is 4. The molecular formula is C27H27N3OS. The number of amides is 1. The highest BCUT2D eigenvalue weighted by atomic mass is 32.1. The van der Waals surface area contributed by atoms with E-state index in [1.54, 1.807) is 17.5 Å². The Morgan fingerprint density at radius 1 is 0.969 bits per heavy atom. The van der Waals surface area contributed by atoms with Gasteiger partial charge in [0.2, 0.25) is 0 Å². The highest BCUT2D eigenvalue weighted by Crippen LogP contribution is 2.31. The molecule has 0 saturated heterocycles. The summed E-state index contributed by atoms with van der Waals surface area (Å²) in [7, 11) is 0. The summed E-state index contributed by atoms with van der Waals surface area (Å²) in [6.45, 7) is 0.598. The molecule has 5 rings (SSSR count). The quantitative estimate of drug-likeness (QED) is 0.421. The minimum Gasteiger partial charge on any atom is -0.331 e. The van der Waals surface area contributed by atoms with Gasteiger partial charge in [-0.05, 0) is 72.0 Å². The molecule has 5 heteroatoms. The molecule has 1 aliphatic rings. The molecule has 1 amide bonds. The lowest BCUT2D eigenvalue weighted by Gasteiger charge is -2.36. The number of fused-ring (bicyclic) bond motifs is 1. The summed E-state index contributed by atoms with van der Waals surface area (Å²) >= 11 is 1.58. The van der Waals surface area contributed by atoms with Crippen LogP contribution in [0.15, 0.2) is 79.1 Å². The van der Waals surface area contributed by atoms with Crippen LogP contribution < -0.4 is 5.73 Å². The van der Waals surface area contributed by atoms with Crippen LogP contribution in [0, 0.1) is 0 Å². The predicted molar refractivity (Wildman–Crippen MR) is 132 cm³/mol. The number of rotatable bonds is 5. The Hall–Kier alpha value is -3.02. The van der Waals surface area contributed by atoms with Crippen molar-refractivity contribution >= 4 is 27.3 Å². The van der Waals surface area contributed by atoms with E-state index in [9.17, 15) is 4.79 Å². The number of hydrogen-bond donors (Lipinski definition) is 1. The summed E-state index contributed by atoms with van der Waals surface area (Å²) in [6.07, 6.45) is 7.52. The molecule has 32 heavy (non-hydrogen) atoms. The number of benzene rings is 2. The molecule has 2 heterocycles. The summed E-state index contributed by atoms with van der Waals surface area (Å²) in [6, 6.07) is 23.2. The van der Waals surface area contributed by atoms with E-state index >= 15 is 0 Å². The standard InChI is InChI=1S/C27H27N3OS/c28-23-10-12-24(13-11-23)30(27(31)26-16-21-6-1-2-9-25(21)32-26)18-19-5-3-7-20(15-19)22-8-4-14-29-17-22/h1-9,14-17,23-24H,10-13,18,28H2. The monoisotopic (exact) mass is 441 g/mol. The Labute approximate surface area is 192 Å². The van der Waals surface area contributed by atoms with E-state index in [2.05, 4.69) is 52.3 Å². The van der Waals surface area contributed by atoms with E-state index in [-0.39, 0.29) is 18.0 Å². The molecule has 2 aromatic heterocycles. The molecule has 0 atom stereocenters. The van der Waals surface area contributed by atoms with Crippen LogP contribution in [0.2, 0.25) is 0 Å². The maximum Gasteiger partial charge on any atom is 0.264 e. The largest absolute Gasteiger partial charge is 0.331 e. The van der Waals surface area contributed by atoms with Crippen LogP contribution in [0.3, 0.4) is 0 Å². The summed E-state index contributed by atoms with van der Waals surface area (Å²) in [4.78, 5) is 20.9. The molecule has 1 fully saturated rings. The zero-order valence-electron chi connectivity index (χ0n) is 18.0. The summed E-state index contributed by atoms with van der Waals surface area (Å²) in [5, 5.41) is 1.13. The number of aromatic nitrogens is 1. The molecule has 1 saturated carbocycles. The lowest BCUT2D eigenvalue weighted by Crippen LogP contribution is -2.43. The van der Waals surface area contributed by atoms with Crippen molar-refractivity contribution in [1.82, 2.24) is 9.88 Å². The van der Waals surface area contributed by atoms with Crippen LogP contribution in [0.25, 0.3) is 21.2 Å². The van der Waals surface area contributed by atoms with Crippen molar-refractivity contribution in [1.29, 1.82) is 0 Å². The maximum atomic E-state index is 13.7. The number of nitrogens with zero attached hydrogens (tertiary/aromatic N) is 2. The molecule has 4 aromatic rings. The van der Waals surface area contributed by atoms with E-state index in [1.807, 2.05) is 30.5 Å². The van der Waals surface area contributed by atoms with Gasteiger partial charge in [0.25, 0.3) is 5.91 Å². The minimum atomic E-state index is 0.124. The average molecular weight is 442 g/mol. The van der Waals surface area contributed by atoms with Crippen molar-refractivity contribution in [3.8, 4) is 11.1 Å². The fraction of sp³-hybridized carbons (Fsp3) is 0.259. The van der Waals surface area contributed by atoms with E-state index < -0.39 is 0 Å². The van der Waals surface area contributed by atoms with Gasteiger partial charge in [-0.3, -0.25) is 9.78 Å². The first-order valence-electron chi connectivity index (χ1n) is 11.2. The summed E-state index contributed by atoms with van der Waals surface area (Å²) < 4.78 is 1.15. The molecule has 4 nitrogen and oxygen atoms in total. The number of carbonyl (C=O) groups is 1. The molecule has 1 aliphatic carbocycles. The smallest absolute Gasteiger partial charge is 0.264 e. The van der Waals surface area contributed by atoms with Gasteiger partial charge in [-0.25, -0.2) is 0 Å². The molecule has 162 valence electrons. The number of pyridine rings is 1. The number of nitrogens with two attached hydrogens (primary N) is 1. The third kappa shape index (κ3) is 4.45. The molecule has 0 bridgehead atoms. The van der Waals surface area contributed by atoms with Gasteiger partial charge in [0.1, 0.15) is 0 Å². The fourth-order valence-corrected chi connectivity index (χ4v) is 5.61. The highest BCUT2D eigenvalue weighted by molar-refractivity contribution is 7.20. The molecule has 0 unspecified atom stereocenters. The van der Waals surface area contributed by atoms with Gasteiger partial charge in [0.05, 0.1) is 4.88 Å². The molecule has 2 aromatic carbocycles. The Kier molecular flexibility index (Phi) is 6.02. The molecular weight excluding hydrogens is 414 g/mol. The van der Waals surface area contributed by atoms with Crippen LogP contribution in [0.4, 0.5) is 0 Å². The lowest BCUT2D eigenvalue weighted by molar-refractivity contribution is 0.0611. The average Bonchev–Trinajstić information content (AvgIpc) is 3.28. The van der Waals surface area contributed by atoms with Gasteiger partial charge < -0.3 is 10.6 Å². The second kappa shape index (κ2) is 9.23. The first-order valence-corrected chi connectivity index (χ1v) is 12.0. The first-order chi connectivity index (χ1) is 15.7. The molecule has 0 radical (unpaired) electrons. The Bertz CT molecular complexity index is 1180. The normalized spacial score (nSPS) is 18.5. The number of thiophene rings is 1. The van der Waals surface area contributed by atoms with Crippen LogP contribution >= 0.6 is 11.3 Å². The molecule has 0 spiro atoms. The second-order valence-corrected chi connectivity index (χ2v) is 9.68. The van der Waals surface area contributed by atoms with Gasteiger partial charge in [0, 0.05) is 35.7 Å². The zero-order chi connectivity index (χ0) is 21.9. The van der Waals surface area contributed by atoms with E-state index in [0.29, 0.717) is 6.54 Å². The van der Waals surface area contributed by atoms with Crippen molar-refractivity contribution in [3.05, 3.63) is 89.6 Å². The van der Waals surface area contributed by atoms with Crippen molar-refractivity contribution in [2.45, 2.75) is 44.3 Å². The van der Waals surface area contributed by atoms with Crippen molar-refractivity contribution in [2.75, 3.05) is 0 Å². The van der Waals surface area contributed by atoms with Crippen LogP contribution in [-0.2, 0) is 6.54 Å². The topological polar surface area (TPSA) is 59.2 Å². The van der Waals surface area contributed by atoms with Gasteiger partial charge in [-0.2, -0.15) is 0 Å². The SMILES string of the molecule is NC1CCC(N(Cc2cccc(-c3cccnc3)c2)C(=O)c2cc3ccccc3s2)CC1. The summed E-state index contributed by atoms with van der Waals surface area (Å²) in [5.41, 5.74) is 9.50. The Morgan fingerprint density at radius 2 is 1.78 bits per heavy atom. The van der Waals surface area contributed by atoms with Gasteiger partial charge in [0.15, 0.2) is 0 Å². The van der Waals surface area contributed by atoms with Crippen LogP contribution in [0.1, 0.15) is 40.9 Å². The maximum absolute atomic E-state index is 13.7. The number of carbonyl (C=O) groups excluding carboxylic acids is 1. The highest BCUT2D eigenvalue weighted by Gasteiger charge is 2.29. The predicted octanol–water partition coefficient (Wildman–Crippen LogP) is 5.88. The third-order valence-corrected chi connectivity index (χ3v) is 7.46. The van der Waals surface area contributed by atoms with Crippen molar-refractivity contribution in [2.24, 2.45) is 5.73 Å². The van der Waals surface area contributed by atoms with Gasteiger partial charge in [-0.1, -0.05) is 42.5 Å². The third-order valence-electron chi connectivity index (χ3n) is 6.35. The second-order valence-electron chi connectivity index (χ2n) is 8.59. The first kappa shape index (κ1) is 20.9. The van der Waals surface area contributed by atoms with Crippen molar-refractivity contribution < 1.29 is 4.79 Å². The minimum absolute atomic E-state index is 0.124. The van der Waals surface area contributed by atoms with Gasteiger partial charge >= 0.3 is 0 Å². The zero-order valence-corrected chi connectivity index (χ0v) is 18.8. The van der Waals surface area contributed by atoms with Crippen LogP contribution in [0.5, 0.6) is 0 Å². The summed E-state index contributed by atoms with van der Waals surface area (Å²) in [5.74, 6) is 0.124. The van der Waals surface area contributed by atoms with Crippen LogP contribution in [-0.4, -0.2) is 27.9 Å². The van der Waals surface area contributed by atoms with E-state index in [4.69, 9.17) is 5.73 Å². The fourth-order valence-electron chi connectivity index (χ4n) is 4.59. The van der Waals surface area contributed by atoms with Gasteiger partial charge in [-0.15, -0.1) is 11.3 Å². The Morgan fingerprint density at radius 3 is 2.56 bits per heavy atom. The lowest BCUT2D eigenvalue weighted by atomic mass is 9.90. The molecule has 2 N–H and O–H groups in total. The molecule has 0 aliphatic heterocycles. The van der Waals surface area contributed by atoms with Crippen molar-refractivity contribution in [3.63, 3.8) is 0 Å². The Balaban J connectivity index is 1.46.